The highest BCUT2D eigenvalue weighted by Gasteiger charge is 2.30. The van der Waals surface area contributed by atoms with Crippen molar-refractivity contribution in [3.8, 4) is 0 Å². The van der Waals surface area contributed by atoms with Gasteiger partial charge in [0.2, 0.25) is 10.0 Å². The highest BCUT2D eigenvalue weighted by molar-refractivity contribution is 7.89. The highest BCUT2D eigenvalue weighted by atomic mass is 32.2. The van der Waals surface area contributed by atoms with Gasteiger partial charge in [0.1, 0.15) is 0 Å². The Hall–Kier alpha value is -1.44. The van der Waals surface area contributed by atoms with Crippen molar-refractivity contribution in [3.05, 3.63) is 29.3 Å². The van der Waals surface area contributed by atoms with Crippen LogP contribution in [-0.2, 0) is 14.8 Å². The van der Waals surface area contributed by atoms with Crippen LogP contribution in [0.2, 0.25) is 0 Å². The van der Waals surface area contributed by atoms with E-state index < -0.39 is 16.0 Å². The lowest BCUT2D eigenvalue weighted by Gasteiger charge is -2.31. The molecule has 3 N–H and O–H groups in total. The van der Waals surface area contributed by atoms with Crippen LogP contribution in [0.5, 0.6) is 0 Å². The van der Waals surface area contributed by atoms with Gasteiger partial charge in [0.25, 0.3) is 0 Å². The fraction of sp³-hybridized carbons (Fsp3) is 0.562. The first-order valence-corrected chi connectivity index (χ1v) is 9.29. The van der Waals surface area contributed by atoms with Gasteiger partial charge in [-0.2, -0.15) is 0 Å². The Morgan fingerprint density at radius 2 is 2.04 bits per heavy atom. The van der Waals surface area contributed by atoms with Crippen LogP contribution in [-0.4, -0.2) is 34.1 Å². The average Bonchev–Trinajstić information content (AvgIpc) is 2.54. The van der Waals surface area contributed by atoms with Crippen LogP contribution in [0.1, 0.15) is 41.6 Å². The number of nitrogens with one attached hydrogen (secondary N) is 1. The highest BCUT2D eigenvalue weighted by Crippen LogP contribution is 2.26. The minimum absolute atomic E-state index is 0.113. The van der Waals surface area contributed by atoms with Crippen molar-refractivity contribution in [2.24, 2.45) is 11.7 Å². The van der Waals surface area contributed by atoms with E-state index in [1.54, 1.807) is 19.1 Å². The molecule has 0 radical (unpaired) electrons. The maximum absolute atomic E-state index is 12.7. The Morgan fingerprint density at radius 1 is 1.35 bits per heavy atom. The van der Waals surface area contributed by atoms with Gasteiger partial charge in [0.05, 0.1) is 17.6 Å². The van der Waals surface area contributed by atoms with Crippen molar-refractivity contribution >= 4 is 16.0 Å². The molecule has 128 valence electrons. The number of hydrogen-bond donors (Lipinski definition) is 2. The molecule has 0 saturated heterocycles. The number of hydrogen-bond acceptors (Lipinski definition) is 5. The lowest BCUT2D eigenvalue weighted by Crippen LogP contribution is -2.44. The average molecular weight is 340 g/mol. The summed E-state index contributed by atoms with van der Waals surface area (Å²) in [7, 11) is -2.44. The van der Waals surface area contributed by atoms with E-state index in [4.69, 9.17) is 10.5 Å². The molecule has 0 aromatic heterocycles. The summed E-state index contributed by atoms with van der Waals surface area (Å²) in [4.78, 5) is 11.9. The summed E-state index contributed by atoms with van der Waals surface area (Å²) in [5.41, 5.74) is 6.42. The Morgan fingerprint density at radius 3 is 2.70 bits per heavy atom. The van der Waals surface area contributed by atoms with Crippen LogP contribution in [0, 0.1) is 12.8 Å². The van der Waals surface area contributed by atoms with Gasteiger partial charge >= 0.3 is 5.97 Å². The van der Waals surface area contributed by atoms with E-state index >= 15 is 0 Å². The van der Waals surface area contributed by atoms with Gasteiger partial charge in [-0.1, -0.05) is 18.9 Å². The van der Waals surface area contributed by atoms with Gasteiger partial charge in [-0.15, -0.1) is 0 Å². The molecule has 1 saturated carbocycles. The fourth-order valence-electron chi connectivity index (χ4n) is 3.14. The number of nitrogens with two attached hydrogens (primary N) is 1. The smallest absolute Gasteiger partial charge is 0.338 e. The van der Waals surface area contributed by atoms with Crippen molar-refractivity contribution in [3.63, 3.8) is 0 Å². The molecule has 1 aliphatic rings. The first-order chi connectivity index (χ1) is 10.9. The number of ether oxygens (including phenoxy) is 1. The minimum atomic E-state index is -3.71. The van der Waals surface area contributed by atoms with E-state index in [9.17, 15) is 13.2 Å². The molecular weight excluding hydrogens is 316 g/mol. The molecule has 0 heterocycles. The second-order valence-electron chi connectivity index (χ2n) is 5.93. The molecule has 7 heteroatoms. The second-order valence-corrected chi connectivity index (χ2v) is 7.61. The van der Waals surface area contributed by atoms with E-state index in [0.717, 1.165) is 25.7 Å². The lowest BCUT2D eigenvalue weighted by atomic mass is 9.85. The van der Waals surface area contributed by atoms with Gasteiger partial charge in [-0.05, 0) is 49.9 Å². The van der Waals surface area contributed by atoms with E-state index in [1.165, 1.54) is 13.2 Å². The molecule has 1 fully saturated rings. The molecule has 0 amide bonds. The minimum Gasteiger partial charge on any atom is -0.465 e. The number of benzene rings is 1. The van der Waals surface area contributed by atoms with Gasteiger partial charge in [-0.3, -0.25) is 0 Å². The zero-order valence-electron chi connectivity index (χ0n) is 13.5. The van der Waals surface area contributed by atoms with Gasteiger partial charge in [-0.25, -0.2) is 17.9 Å². The quantitative estimate of drug-likeness (QED) is 0.793. The molecule has 2 unspecified atom stereocenters. The molecule has 2 rings (SSSR count). The molecular formula is C16H24N2O4S. The van der Waals surface area contributed by atoms with Crippen molar-refractivity contribution in [2.45, 2.75) is 43.5 Å². The molecule has 0 aliphatic heterocycles. The number of carbonyl (C=O) groups excluding carboxylic acids is 1. The largest absolute Gasteiger partial charge is 0.465 e. The molecule has 1 aromatic rings. The van der Waals surface area contributed by atoms with E-state index in [1.807, 2.05) is 0 Å². The zero-order chi connectivity index (χ0) is 17.0. The molecule has 0 bridgehead atoms. The van der Waals surface area contributed by atoms with Crippen molar-refractivity contribution < 1.29 is 17.9 Å². The summed E-state index contributed by atoms with van der Waals surface area (Å²) in [6.07, 6.45) is 3.80. The summed E-state index contributed by atoms with van der Waals surface area (Å²) in [6.45, 7) is 2.08. The van der Waals surface area contributed by atoms with Crippen LogP contribution >= 0.6 is 0 Å². The van der Waals surface area contributed by atoms with E-state index in [0.29, 0.717) is 12.1 Å². The number of rotatable bonds is 5. The summed E-state index contributed by atoms with van der Waals surface area (Å²) in [6, 6.07) is 4.46. The maximum Gasteiger partial charge on any atom is 0.338 e. The molecule has 23 heavy (non-hydrogen) atoms. The van der Waals surface area contributed by atoms with Gasteiger partial charge in [0.15, 0.2) is 0 Å². The fourth-order valence-corrected chi connectivity index (χ4v) is 4.75. The van der Waals surface area contributed by atoms with Crippen molar-refractivity contribution in [1.29, 1.82) is 0 Å². The van der Waals surface area contributed by atoms with Crippen molar-refractivity contribution in [2.75, 3.05) is 13.7 Å². The molecule has 0 spiro atoms. The van der Waals surface area contributed by atoms with Crippen LogP contribution in [0.3, 0.4) is 0 Å². The Bertz CT molecular complexity index is 673. The monoisotopic (exact) mass is 340 g/mol. The van der Waals surface area contributed by atoms with E-state index in [2.05, 4.69) is 4.72 Å². The standard InChI is InChI=1S/C16H24N2O4S/c1-11-13(16(19)22-2)7-5-9-15(11)23(20,21)18-14-8-4-3-6-12(14)10-17/h5,7,9,12,14,18H,3-4,6,8,10,17H2,1-2H3. The first-order valence-electron chi connectivity index (χ1n) is 7.81. The summed E-state index contributed by atoms with van der Waals surface area (Å²) in [5.74, 6) is -0.389. The third-order valence-electron chi connectivity index (χ3n) is 4.50. The van der Waals surface area contributed by atoms with Gasteiger partial charge in [0, 0.05) is 6.04 Å². The predicted molar refractivity (Wildman–Crippen MR) is 87.6 cm³/mol. The summed E-state index contributed by atoms with van der Waals surface area (Å²) >= 11 is 0. The molecule has 1 aliphatic carbocycles. The Kier molecular flexibility index (Phi) is 5.78. The van der Waals surface area contributed by atoms with Crippen LogP contribution in [0.25, 0.3) is 0 Å². The lowest BCUT2D eigenvalue weighted by molar-refractivity contribution is 0.0599. The summed E-state index contributed by atoms with van der Waals surface area (Å²) < 4.78 is 33.0. The van der Waals surface area contributed by atoms with E-state index in [-0.39, 0.29) is 22.4 Å². The Balaban J connectivity index is 2.31. The number of esters is 1. The third kappa shape index (κ3) is 3.91. The molecule has 2 atom stereocenters. The van der Waals surface area contributed by atoms with Gasteiger partial charge < -0.3 is 10.5 Å². The SMILES string of the molecule is COC(=O)c1cccc(S(=O)(=O)NC2CCCCC2CN)c1C. The second kappa shape index (κ2) is 7.42. The Labute approximate surface area is 137 Å². The zero-order valence-corrected chi connectivity index (χ0v) is 14.4. The topological polar surface area (TPSA) is 98.5 Å². The maximum atomic E-state index is 12.7. The van der Waals surface area contributed by atoms with Crippen LogP contribution in [0.4, 0.5) is 0 Å². The number of carbonyl (C=O) groups is 1. The predicted octanol–water partition coefficient (Wildman–Crippen LogP) is 1.58. The number of methoxy groups -OCH3 is 1. The normalized spacial score (nSPS) is 21.9. The van der Waals surface area contributed by atoms with Crippen LogP contribution in [0.15, 0.2) is 23.1 Å². The third-order valence-corrected chi connectivity index (χ3v) is 6.13. The molecule has 1 aromatic carbocycles. The summed E-state index contributed by atoms with van der Waals surface area (Å²) in [5, 5.41) is 0. The van der Waals surface area contributed by atoms with Crippen molar-refractivity contribution in [1.82, 2.24) is 4.72 Å². The molecule has 6 nitrogen and oxygen atoms in total. The van der Waals surface area contributed by atoms with Crippen LogP contribution < -0.4 is 10.5 Å². The first kappa shape index (κ1) is 17.9. The number of sulfonamides is 1.